The Morgan fingerprint density at radius 3 is 2.53 bits per heavy atom. The van der Waals surface area contributed by atoms with E-state index in [0.29, 0.717) is 13.2 Å². The molecule has 0 unspecified atom stereocenters. The van der Waals surface area contributed by atoms with Gasteiger partial charge in [-0.2, -0.15) is 0 Å². The van der Waals surface area contributed by atoms with E-state index in [9.17, 15) is 8.42 Å². The average Bonchev–Trinajstić information content (AvgIpc) is 3.09. The molecule has 0 aromatic heterocycles. The van der Waals surface area contributed by atoms with Crippen molar-refractivity contribution in [2.75, 3.05) is 45.4 Å². The first kappa shape index (κ1) is 18.9. The number of hydrogen-bond acceptors (Lipinski definition) is 4. The number of halogens is 1. The first-order valence-electron chi connectivity index (χ1n) is 6.21. The van der Waals surface area contributed by atoms with E-state index in [2.05, 4.69) is 15.6 Å². The molecule has 1 saturated carbocycles. The first-order valence-corrected chi connectivity index (χ1v) is 8.27. The number of hydrogen-bond donors (Lipinski definition) is 2. The largest absolute Gasteiger partial charge is 0.379 e. The zero-order valence-corrected chi connectivity index (χ0v) is 14.7. The van der Waals surface area contributed by atoms with Gasteiger partial charge in [-0.15, -0.1) is 24.0 Å². The Balaban J connectivity index is 0.00000324. The van der Waals surface area contributed by atoms with E-state index < -0.39 is 9.84 Å². The fourth-order valence-electron chi connectivity index (χ4n) is 1.34. The van der Waals surface area contributed by atoms with Crippen molar-refractivity contribution >= 4 is 39.8 Å². The molecule has 1 fully saturated rings. The molecule has 0 atom stereocenters. The van der Waals surface area contributed by atoms with Gasteiger partial charge < -0.3 is 15.4 Å². The SMILES string of the molecule is CN=C(NCCOCCS(C)(=O)=O)NCC1CC1.I. The smallest absolute Gasteiger partial charge is 0.191 e. The van der Waals surface area contributed by atoms with Gasteiger partial charge in [-0.3, -0.25) is 4.99 Å². The van der Waals surface area contributed by atoms with E-state index >= 15 is 0 Å². The maximum absolute atomic E-state index is 10.8. The molecule has 2 N–H and O–H groups in total. The second-order valence-electron chi connectivity index (χ2n) is 4.57. The Morgan fingerprint density at radius 1 is 1.32 bits per heavy atom. The third-order valence-electron chi connectivity index (χ3n) is 2.62. The van der Waals surface area contributed by atoms with Crippen molar-refractivity contribution < 1.29 is 13.2 Å². The molecule has 114 valence electrons. The summed E-state index contributed by atoms with van der Waals surface area (Å²) in [5, 5.41) is 6.35. The van der Waals surface area contributed by atoms with E-state index in [0.717, 1.165) is 18.4 Å². The molecule has 0 aromatic carbocycles. The highest BCUT2D eigenvalue weighted by Crippen LogP contribution is 2.27. The lowest BCUT2D eigenvalue weighted by atomic mass is 10.4. The molecule has 19 heavy (non-hydrogen) atoms. The standard InChI is InChI=1S/C11H23N3O3S.HI/c1-12-11(14-9-10-3-4-10)13-5-6-17-7-8-18(2,15)16;/h10H,3-9H2,1-2H3,(H2,12,13,14);1H. The van der Waals surface area contributed by atoms with Crippen molar-refractivity contribution in [3.05, 3.63) is 0 Å². The van der Waals surface area contributed by atoms with Crippen molar-refractivity contribution in [1.82, 2.24) is 10.6 Å². The highest BCUT2D eigenvalue weighted by atomic mass is 127. The number of guanidine groups is 1. The Bertz CT molecular complexity index is 369. The van der Waals surface area contributed by atoms with Crippen LogP contribution in [0.1, 0.15) is 12.8 Å². The van der Waals surface area contributed by atoms with Crippen molar-refractivity contribution in [2.45, 2.75) is 12.8 Å². The molecule has 0 saturated heterocycles. The number of aliphatic imine (C=N–C) groups is 1. The van der Waals surface area contributed by atoms with E-state index in [-0.39, 0.29) is 36.3 Å². The van der Waals surface area contributed by atoms with Gasteiger partial charge >= 0.3 is 0 Å². The van der Waals surface area contributed by atoms with Gasteiger partial charge in [0.2, 0.25) is 0 Å². The van der Waals surface area contributed by atoms with Gasteiger partial charge in [0, 0.05) is 26.4 Å². The molecule has 0 heterocycles. The van der Waals surface area contributed by atoms with E-state index in [4.69, 9.17) is 4.74 Å². The molecule has 1 rings (SSSR count). The Kier molecular flexibility index (Phi) is 9.71. The predicted molar refractivity (Wildman–Crippen MR) is 88.0 cm³/mol. The molecule has 0 amide bonds. The number of rotatable bonds is 8. The number of sulfone groups is 1. The van der Waals surface area contributed by atoms with E-state index in [1.165, 1.54) is 19.1 Å². The fourth-order valence-corrected chi connectivity index (χ4v) is 1.76. The monoisotopic (exact) mass is 405 g/mol. The average molecular weight is 405 g/mol. The Morgan fingerprint density at radius 2 is 2.00 bits per heavy atom. The fraction of sp³-hybridized carbons (Fsp3) is 0.909. The summed E-state index contributed by atoms with van der Waals surface area (Å²) in [5.74, 6) is 1.64. The zero-order chi connectivity index (χ0) is 13.4. The van der Waals surface area contributed by atoms with Crippen molar-refractivity contribution in [3.8, 4) is 0 Å². The van der Waals surface area contributed by atoms with E-state index in [1.54, 1.807) is 7.05 Å². The number of ether oxygens (including phenoxy) is 1. The normalized spacial score (nSPS) is 15.8. The third kappa shape index (κ3) is 11.4. The Hall–Kier alpha value is -0.0900. The summed E-state index contributed by atoms with van der Waals surface area (Å²) in [6.45, 7) is 2.30. The molecular formula is C11H24IN3O3S. The van der Waals surface area contributed by atoms with Crippen LogP contribution in [0, 0.1) is 5.92 Å². The van der Waals surface area contributed by atoms with Crippen LogP contribution in [0.5, 0.6) is 0 Å². The minimum absolute atomic E-state index is 0. The molecule has 8 heteroatoms. The lowest BCUT2D eigenvalue weighted by Crippen LogP contribution is -2.39. The minimum Gasteiger partial charge on any atom is -0.379 e. The van der Waals surface area contributed by atoms with Crippen LogP contribution in [0.3, 0.4) is 0 Å². The summed E-state index contributed by atoms with van der Waals surface area (Å²) in [5.41, 5.74) is 0. The summed E-state index contributed by atoms with van der Waals surface area (Å²) in [7, 11) is -1.20. The maximum Gasteiger partial charge on any atom is 0.191 e. The second-order valence-corrected chi connectivity index (χ2v) is 6.83. The zero-order valence-electron chi connectivity index (χ0n) is 11.5. The van der Waals surface area contributed by atoms with Gasteiger partial charge in [-0.05, 0) is 18.8 Å². The highest BCUT2D eigenvalue weighted by Gasteiger charge is 2.20. The van der Waals surface area contributed by atoms with Crippen molar-refractivity contribution in [3.63, 3.8) is 0 Å². The van der Waals surface area contributed by atoms with Crippen LogP contribution < -0.4 is 10.6 Å². The molecule has 6 nitrogen and oxygen atoms in total. The first-order chi connectivity index (χ1) is 8.51. The second kappa shape index (κ2) is 9.76. The third-order valence-corrected chi connectivity index (χ3v) is 3.52. The van der Waals surface area contributed by atoms with Crippen LogP contribution in [0.15, 0.2) is 4.99 Å². The van der Waals surface area contributed by atoms with E-state index in [1.807, 2.05) is 0 Å². The summed E-state index contributed by atoms with van der Waals surface area (Å²) in [4.78, 5) is 4.09. The van der Waals surface area contributed by atoms with Crippen LogP contribution in [0.2, 0.25) is 0 Å². The molecule has 0 aliphatic heterocycles. The number of nitrogens with zero attached hydrogens (tertiary/aromatic N) is 1. The van der Waals surface area contributed by atoms with Crippen LogP contribution in [0.25, 0.3) is 0 Å². The predicted octanol–water partition coefficient (Wildman–Crippen LogP) is 0.241. The van der Waals surface area contributed by atoms with Crippen LogP contribution in [-0.2, 0) is 14.6 Å². The molecular weight excluding hydrogens is 381 g/mol. The van der Waals surface area contributed by atoms with Gasteiger partial charge in [-0.25, -0.2) is 8.42 Å². The summed E-state index contributed by atoms with van der Waals surface area (Å²) in [6.07, 6.45) is 3.81. The van der Waals surface area contributed by atoms with Crippen molar-refractivity contribution in [2.24, 2.45) is 10.9 Å². The molecule has 0 bridgehead atoms. The molecule has 0 aromatic rings. The quantitative estimate of drug-likeness (QED) is 0.262. The highest BCUT2D eigenvalue weighted by molar-refractivity contribution is 14.0. The molecule has 0 radical (unpaired) electrons. The Labute approximate surface area is 132 Å². The lowest BCUT2D eigenvalue weighted by molar-refractivity contribution is 0.154. The van der Waals surface area contributed by atoms with Gasteiger partial charge in [0.05, 0.1) is 19.0 Å². The summed E-state index contributed by atoms with van der Waals surface area (Å²) < 4.78 is 26.9. The van der Waals surface area contributed by atoms with Gasteiger partial charge in [0.25, 0.3) is 0 Å². The maximum atomic E-state index is 10.8. The van der Waals surface area contributed by atoms with Gasteiger partial charge in [0.15, 0.2) is 5.96 Å². The topological polar surface area (TPSA) is 79.8 Å². The van der Waals surface area contributed by atoms with Gasteiger partial charge in [0.1, 0.15) is 9.84 Å². The van der Waals surface area contributed by atoms with Crippen LogP contribution in [-0.4, -0.2) is 59.7 Å². The van der Waals surface area contributed by atoms with Crippen LogP contribution >= 0.6 is 24.0 Å². The lowest BCUT2D eigenvalue weighted by Gasteiger charge is -2.11. The minimum atomic E-state index is -2.92. The molecule has 1 aliphatic rings. The van der Waals surface area contributed by atoms with Crippen molar-refractivity contribution in [1.29, 1.82) is 0 Å². The van der Waals surface area contributed by atoms with Gasteiger partial charge in [-0.1, -0.05) is 0 Å². The molecule has 1 aliphatic carbocycles. The van der Waals surface area contributed by atoms with Crippen LogP contribution in [0.4, 0.5) is 0 Å². The summed E-state index contributed by atoms with van der Waals surface area (Å²) in [6, 6.07) is 0. The summed E-state index contributed by atoms with van der Waals surface area (Å²) >= 11 is 0. The molecule has 0 spiro atoms. The number of nitrogens with one attached hydrogen (secondary N) is 2.